The Morgan fingerprint density at radius 1 is 1.17 bits per heavy atom. The van der Waals surface area contributed by atoms with Crippen LogP contribution in [0, 0.1) is 11.8 Å². The fourth-order valence-electron chi connectivity index (χ4n) is 3.64. The van der Waals surface area contributed by atoms with Gasteiger partial charge in [0.15, 0.2) is 21.8 Å². The molecule has 1 fully saturated rings. The summed E-state index contributed by atoms with van der Waals surface area (Å²) in [6.07, 6.45) is 8.14. The maximum absolute atomic E-state index is 12.1. The van der Waals surface area contributed by atoms with Crippen molar-refractivity contribution in [2.75, 3.05) is 5.75 Å². The number of aryl methyl sites for hydroxylation is 1. The van der Waals surface area contributed by atoms with Crippen LogP contribution in [0.5, 0.6) is 0 Å². The molecule has 0 amide bonds. The first kappa shape index (κ1) is 17.5. The van der Waals surface area contributed by atoms with Gasteiger partial charge in [-0.1, -0.05) is 18.9 Å². The Bertz CT molecular complexity index is 771. The molecule has 0 N–H and O–H groups in total. The molecule has 0 spiro atoms. The molecule has 0 radical (unpaired) electrons. The van der Waals surface area contributed by atoms with Crippen molar-refractivity contribution in [3.05, 3.63) is 30.2 Å². The molecule has 0 aliphatic heterocycles. The van der Waals surface area contributed by atoms with Crippen LogP contribution in [0.4, 0.5) is 0 Å². The molecule has 1 aliphatic rings. The zero-order valence-corrected chi connectivity index (χ0v) is 15.4. The quantitative estimate of drug-likeness (QED) is 0.776. The molecule has 2 aromatic rings. The van der Waals surface area contributed by atoms with Crippen LogP contribution >= 0.6 is 0 Å². The van der Waals surface area contributed by atoms with Crippen molar-refractivity contribution in [3.63, 3.8) is 0 Å². The second-order valence-corrected chi connectivity index (χ2v) is 10.1. The molecule has 4 nitrogen and oxygen atoms in total. The molecule has 5 heteroatoms. The van der Waals surface area contributed by atoms with Crippen molar-refractivity contribution < 1.29 is 12.8 Å². The molecular formula is C19H27NO3S. The van der Waals surface area contributed by atoms with Crippen LogP contribution in [0.15, 0.2) is 29.0 Å². The summed E-state index contributed by atoms with van der Waals surface area (Å²) >= 11 is 0. The Hall–Kier alpha value is -1.36. The highest BCUT2D eigenvalue weighted by Gasteiger charge is 2.27. The molecule has 1 heterocycles. The lowest BCUT2D eigenvalue weighted by Gasteiger charge is -2.28. The fraction of sp³-hybridized carbons (Fsp3) is 0.632. The third kappa shape index (κ3) is 4.18. The Balaban J connectivity index is 1.47. The fourth-order valence-corrected chi connectivity index (χ4v) is 5.01. The smallest absolute Gasteiger partial charge is 0.181 e. The summed E-state index contributed by atoms with van der Waals surface area (Å²) in [5.74, 6) is 1.45. The van der Waals surface area contributed by atoms with Crippen LogP contribution in [0.25, 0.3) is 11.1 Å². The minimum Gasteiger partial charge on any atom is -0.443 e. The highest BCUT2D eigenvalue weighted by molar-refractivity contribution is 7.91. The van der Waals surface area contributed by atoms with Crippen molar-refractivity contribution >= 4 is 20.9 Å². The zero-order valence-electron chi connectivity index (χ0n) is 14.6. The second kappa shape index (κ2) is 7.26. The monoisotopic (exact) mass is 349 g/mol. The third-order valence-electron chi connectivity index (χ3n) is 5.39. The predicted octanol–water partition coefficient (Wildman–Crippen LogP) is 4.39. The number of nitrogens with zero attached hydrogens (tertiary/aromatic N) is 1. The molecule has 0 bridgehead atoms. The van der Waals surface area contributed by atoms with Crippen LogP contribution in [-0.2, 0) is 16.3 Å². The van der Waals surface area contributed by atoms with Crippen LogP contribution < -0.4 is 0 Å². The van der Waals surface area contributed by atoms with Gasteiger partial charge < -0.3 is 4.42 Å². The number of fused-ring (bicyclic) bond motifs is 1. The highest BCUT2D eigenvalue weighted by atomic mass is 32.2. The normalized spacial score (nSPS) is 22.3. The van der Waals surface area contributed by atoms with Gasteiger partial charge in [0.2, 0.25) is 0 Å². The van der Waals surface area contributed by atoms with E-state index in [9.17, 15) is 8.42 Å². The van der Waals surface area contributed by atoms with Crippen molar-refractivity contribution in [2.24, 2.45) is 11.8 Å². The summed E-state index contributed by atoms with van der Waals surface area (Å²) in [7, 11) is -2.90. The molecule has 3 rings (SSSR count). The largest absolute Gasteiger partial charge is 0.443 e. The molecule has 0 atom stereocenters. The molecule has 132 valence electrons. The van der Waals surface area contributed by atoms with Crippen molar-refractivity contribution in [1.82, 2.24) is 4.98 Å². The van der Waals surface area contributed by atoms with Crippen molar-refractivity contribution in [3.8, 4) is 0 Å². The van der Waals surface area contributed by atoms with Gasteiger partial charge >= 0.3 is 0 Å². The van der Waals surface area contributed by atoms with Gasteiger partial charge in [0.05, 0.1) is 11.0 Å². The van der Waals surface area contributed by atoms with Crippen LogP contribution in [0.2, 0.25) is 0 Å². The molecule has 24 heavy (non-hydrogen) atoms. The van der Waals surface area contributed by atoms with E-state index < -0.39 is 9.84 Å². The van der Waals surface area contributed by atoms with E-state index in [2.05, 4.69) is 17.1 Å². The van der Waals surface area contributed by atoms with Crippen LogP contribution in [0.1, 0.15) is 51.5 Å². The SMILES string of the molecule is CC(C)S(=O)(=O)CC1CCC(CCc2ccc3ocnc3c2)CC1. The second-order valence-electron chi connectivity index (χ2n) is 7.46. The van der Waals surface area contributed by atoms with Crippen LogP contribution in [0.3, 0.4) is 0 Å². The number of hydrogen-bond donors (Lipinski definition) is 0. The standard InChI is InChI=1S/C19H27NO3S/c1-14(2)24(21,22)12-17-7-4-15(5-8-17)3-6-16-9-10-19-18(11-16)20-13-23-19/h9-11,13-15,17H,3-8,12H2,1-2H3. The molecule has 1 saturated carbocycles. The number of sulfone groups is 1. The van der Waals surface area contributed by atoms with Crippen molar-refractivity contribution in [2.45, 2.75) is 57.6 Å². The zero-order chi connectivity index (χ0) is 17.2. The summed E-state index contributed by atoms with van der Waals surface area (Å²) in [6, 6.07) is 6.22. The van der Waals surface area contributed by atoms with E-state index in [1.807, 2.05) is 6.07 Å². The van der Waals surface area contributed by atoms with E-state index in [4.69, 9.17) is 4.42 Å². The summed E-state index contributed by atoms with van der Waals surface area (Å²) in [5.41, 5.74) is 3.07. The first-order chi connectivity index (χ1) is 11.4. The Kier molecular flexibility index (Phi) is 5.28. The number of aromatic nitrogens is 1. The van der Waals surface area contributed by atoms with Gasteiger partial charge in [-0.25, -0.2) is 13.4 Å². The van der Waals surface area contributed by atoms with E-state index in [0.717, 1.165) is 49.1 Å². The first-order valence-electron chi connectivity index (χ1n) is 8.98. The molecule has 0 saturated heterocycles. The number of rotatable bonds is 6. The summed E-state index contributed by atoms with van der Waals surface area (Å²) < 4.78 is 29.4. The molecule has 1 aromatic carbocycles. The van der Waals surface area contributed by atoms with Gasteiger partial charge in [0.25, 0.3) is 0 Å². The van der Waals surface area contributed by atoms with E-state index in [-0.39, 0.29) is 5.25 Å². The topological polar surface area (TPSA) is 60.2 Å². The average molecular weight is 349 g/mol. The van der Waals surface area contributed by atoms with Crippen molar-refractivity contribution in [1.29, 1.82) is 0 Å². The van der Waals surface area contributed by atoms with E-state index >= 15 is 0 Å². The minimum absolute atomic E-state index is 0.248. The highest BCUT2D eigenvalue weighted by Crippen LogP contribution is 2.33. The van der Waals surface area contributed by atoms with Gasteiger partial charge in [-0.3, -0.25) is 0 Å². The van der Waals surface area contributed by atoms with E-state index in [0.29, 0.717) is 11.7 Å². The third-order valence-corrected chi connectivity index (χ3v) is 7.76. The summed E-state index contributed by atoms with van der Waals surface area (Å²) in [4.78, 5) is 4.21. The Labute approximate surface area is 144 Å². The lowest BCUT2D eigenvalue weighted by atomic mass is 9.80. The van der Waals surface area contributed by atoms with Gasteiger partial charge in [0.1, 0.15) is 5.52 Å². The number of oxazole rings is 1. The van der Waals surface area contributed by atoms with E-state index in [1.165, 1.54) is 18.4 Å². The van der Waals surface area contributed by atoms with Gasteiger partial charge in [0, 0.05) is 0 Å². The molecule has 1 aliphatic carbocycles. The first-order valence-corrected chi connectivity index (χ1v) is 10.7. The average Bonchev–Trinajstić information content (AvgIpc) is 3.01. The van der Waals surface area contributed by atoms with Gasteiger partial charge in [-0.05, 0) is 69.1 Å². The lowest BCUT2D eigenvalue weighted by Crippen LogP contribution is -2.26. The molecule has 0 unspecified atom stereocenters. The number of hydrogen-bond acceptors (Lipinski definition) is 4. The predicted molar refractivity (Wildman–Crippen MR) is 96.7 cm³/mol. The maximum atomic E-state index is 12.1. The van der Waals surface area contributed by atoms with Gasteiger partial charge in [-0.2, -0.15) is 0 Å². The van der Waals surface area contributed by atoms with E-state index in [1.54, 1.807) is 13.8 Å². The Morgan fingerprint density at radius 3 is 2.58 bits per heavy atom. The summed E-state index contributed by atoms with van der Waals surface area (Å²) in [6.45, 7) is 3.57. The molecular weight excluding hydrogens is 322 g/mol. The minimum atomic E-state index is -2.90. The Morgan fingerprint density at radius 2 is 1.88 bits per heavy atom. The summed E-state index contributed by atoms with van der Waals surface area (Å²) in [5, 5.41) is -0.248. The lowest BCUT2D eigenvalue weighted by molar-refractivity contribution is 0.278. The van der Waals surface area contributed by atoms with Gasteiger partial charge in [-0.15, -0.1) is 0 Å². The molecule has 1 aromatic heterocycles. The van der Waals surface area contributed by atoms with Crippen LogP contribution in [-0.4, -0.2) is 24.4 Å². The maximum Gasteiger partial charge on any atom is 0.181 e. The number of benzene rings is 1.